The standard InChI is InChI=1S/C22H17F4N5OS/c1-12-18(9-14-3-6-16(23)7-4-14)33-21(29-12)30-20(32)17-11-28-31(13(17)2)19-8-5-15(10-27-19)22(24,25)26/h3-8,10-11H,9H2,1-2H3,(H,29,30,32). The van der Waals surface area contributed by atoms with Gasteiger partial charge >= 0.3 is 6.18 Å². The number of halogens is 4. The molecule has 3 aromatic heterocycles. The number of nitrogens with zero attached hydrogens (tertiary/aromatic N) is 4. The molecule has 0 bridgehead atoms. The van der Waals surface area contributed by atoms with Crippen LogP contribution >= 0.6 is 11.3 Å². The summed E-state index contributed by atoms with van der Waals surface area (Å²) in [5, 5.41) is 7.22. The number of nitrogens with one attached hydrogen (secondary N) is 1. The fraction of sp³-hybridized carbons (Fsp3) is 0.182. The summed E-state index contributed by atoms with van der Waals surface area (Å²) in [5.41, 5.74) is 1.46. The number of hydrogen-bond acceptors (Lipinski definition) is 5. The first-order valence-electron chi connectivity index (χ1n) is 9.72. The van der Waals surface area contributed by atoms with Crippen molar-refractivity contribution in [2.75, 3.05) is 5.32 Å². The summed E-state index contributed by atoms with van der Waals surface area (Å²) in [5.74, 6) is -0.603. The molecule has 4 rings (SSSR count). The minimum atomic E-state index is -4.49. The lowest BCUT2D eigenvalue weighted by atomic mass is 10.1. The summed E-state index contributed by atoms with van der Waals surface area (Å²) in [6.07, 6.45) is -1.89. The van der Waals surface area contributed by atoms with E-state index in [1.165, 1.54) is 40.4 Å². The number of aryl methyl sites for hydroxylation is 1. The van der Waals surface area contributed by atoms with Gasteiger partial charge in [0.2, 0.25) is 0 Å². The Balaban J connectivity index is 1.49. The molecule has 0 saturated heterocycles. The first-order chi connectivity index (χ1) is 15.6. The van der Waals surface area contributed by atoms with Gasteiger partial charge in [-0.05, 0) is 43.7 Å². The van der Waals surface area contributed by atoms with Crippen LogP contribution in [0.4, 0.5) is 22.7 Å². The van der Waals surface area contributed by atoms with E-state index in [-0.39, 0.29) is 17.2 Å². The zero-order chi connectivity index (χ0) is 23.8. The summed E-state index contributed by atoms with van der Waals surface area (Å²) in [6.45, 7) is 3.44. The van der Waals surface area contributed by atoms with Crippen molar-refractivity contribution < 1.29 is 22.4 Å². The van der Waals surface area contributed by atoms with E-state index in [0.717, 1.165) is 28.4 Å². The van der Waals surface area contributed by atoms with Gasteiger partial charge in [-0.15, -0.1) is 11.3 Å². The number of benzene rings is 1. The number of amides is 1. The van der Waals surface area contributed by atoms with Crippen LogP contribution in [0.15, 0.2) is 48.8 Å². The third-order valence-electron chi connectivity index (χ3n) is 4.94. The van der Waals surface area contributed by atoms with E-state index in [9.17, 15) is 22.4 Å². The molecule has 0 aliphatic rings. The number of carbonyl (C=O) groups excluding carboxylic acids is 1. The smallest absolute Gasteiger partial charge is 0.298 e. The second kappa shape index (κ2) is 8.74. The minimum Gasteiger partial charge on any atom is -0.298 e. The first kappa shape index (κ1) is 22.6. The van der Waals surface area contributed by atoms with E-state index in [1.54, 1.807) is 19.1 Å². The van der Waals surface area contributed by atoms with Crippen molar-refractivity contribution in [2.24, 2.45) is 0 Å². The maximum atomic E-state index is 13.1. The third kappa shape index (κ3) is 4.92. The lowest BCUT2D eigenvalue weighted by Crippen LogP contribution is -2.13. The van der Waals surface area contributed by atoms with E-state index < -0.39 is 17.6 Å². The molecule has 170 valence electrons. The molecular weight excluding hydrogens is 458 g/mol. The molecular formula is C22H17F4N5OS. The molecule has 6 nitrogen and oxygen atoms in total. The van der Waals surface area contributed by atoms with Crippen LogP contribution < -0.4 is 5.32 Å². The van der Waals surface area contributed by atoms with Gasteiger partial charge in [0.15, 0.2) is 10.9 Å². The van der Waals surface area contributed by atoms with Gasteiger partial charge in [-0.3, -0.25) is 10.1 Å². The largest absolute Gasteiger partial charge is 0.417 e. The van der Waals surface area contributed by atoms with Gasteiger partial charge in [-0.2, -0.15) is 18.3 Å². The average molecular weight is 475 g/mol. The highest BCUT2D eigenvalue weighted by molar-refractivity contribution is 7.15. The Labute approximate surface area is 189 Å². The number of hydrogen-bond donors (Lipinski definition) is 1. The fourth-order valence-corrected chi connectivity index (χ4v) is 4.13. The molecule has 0 atom stereocenters. The predicted octanol–water partition coefficient (Wildman–Crippen LogP) is 5.34. The number of carbonyl (C=O) groups is 1. The van der Waals surface area contributed by atoms with Crippen LogP contribution in [-0.4, -0.2) is 25.7 Å². The normalized spacial score (nSPS) is 11.6. The van der Waals surface area contributed by atoms with Gasteiger partial charge in [-0.1, -0.05) is 12.1 Å². The summed E-state index contributed by atoms with van der Waals surface area (Å²) >= 11 is 1.31. The molecule has 4 aromatic rings. The van der Waals surface area contributed by atoms with Crippen LogP contribution in [-0.2, 0) is 12.6 Å². The molecule has 1 N–H and O–H groups in total. The van der Waals surface area contributed by atoms with Crippen molar-refractivity contribution in [1.82, 2.24) is 19.7 Å². The molecule has 3 heterocycles. The van der Waals surface area contributed by atoms with Crippen LogP contribution in [0.2, 0.25) is 0 Å². The number of alkyl halides is 3. The van der Waals surface area contributed by atoms with Crippen molar-refractivity contribution in [3.63, 3.8) is 0 Å². The van der Waals surface area contributed by atoms with Crippen molar-refractivity contribution in [2.45, 2.75) is 26.4 Å². The molecule has 33 heavy (non-hydrogen) atoms. The summed E-state index contributed by atoms with van der Waals surface area (Å²) in [6, 6.07) is 8.26. The Bertz CT molecular complexity index is 1290. The minimum absolute atomic E-state index is 0.159. The van der Waals surface area contributed by atoms with E-state index in [0.29, 0.717) is 17.2 Å². The Hall–Kier alpha value is -3.60. The van der Waals surface area contributed by atoms with Gasteiger partial charge in [0.25, 0.3) is 5.91 Å². The Morgan fingerprint density at radius 1 is 1.09 bits per heavy atom. The van der Waals surface area contributed by atoms with Crippen LogP contribution in [0.25, 0.3) is 5.82 Å². The van der Waals surface area contributed by atoms with E-state index in [2.05, 4.69) is 20.4 Å². The lowest BCUT2D eigenvalue weighted by molar-refractivity contribution is -0.137. The van der Waals surface area contributed by atoms with Gasteiger partial charge in [0.05, 0.1) is 28.7 Å². The van der Waals surface area contributed by atoms with E-state index in [4.69, 9.17) is 0 Å². The summed E-state index contributed by atoms with van der Waals surface area (Å²) in [4.78, 5) is 21.9. The SMILES string of the molecule is Cc1nc(NC(=O)c2cnn(-c3ccc(C(F)(F)F)cn3)c2C)sc1Cc1ccc(F)cc1. The molecule has 0 unspecified atom stereocenters. The van der Waals surface area contributed by atoms with Crippen LogP contribution in [0, 0.1) is 19.7 Å². The highest BCUT2D eigenvalue weighted by atomic mass is 32.1. The lowest BCUT2D eigenvalue weighted by Gasteiger charge is -2.08. The summed E-state index contributed by atoms with van der Waals surface area (Å²) < 4.78 is 52.7. The second-order valence-electron chi connectivity index (χ2n) is 7.24. The predicted molar refractivity (Wildman–Crippen MR) is 115 cm³/mol. The molecule has 0 spiro atoms. The quantitative estimate of drug-likeness (QED) is 0.396. The van der Waals surface area contributed by atoms with Crippen molar-refractivity contribution in [3.05, 3.63) is 87.6 Å². The Morgan fingerprint density at radius 2 is 1.82 bits per heavy atom. The number of anilines is 1. The monoisotopic (exact) mass is 475 g/mol. The molecule has 1 aromatic carbocycles. The molecule has 0 saturated carbocycles. The van der Waals surface area contributed by atoms with Gasteiger partial charge in [0.1, 0.15) is 5.82 Å². The van der Waals surface area contributed by atoms with E-state index >= 15 is 0 Å². The molecule has 11 heteroatoms. The zero-order valence-corrected chi connectivity index (χ0v) is 18.3. The van der Waals surface area contributed by atoms with Crippen molar-refractivity contribution >= 4 is 22.4 Å². The topological polar surface area (TPSA) is 72.7 Å². The number of aromatic nitrogens is 4. The third-order valence-corrected chi connectivity index (χ3v) is 6.01. The number of rotatable bonds is 5. The van der Waals surface area contributed by atoms with Crippen molar-refractivity contribution in [3.8, 4) is 5.82 Å². The van der Waals surface area contributed by atoms with Gasteiger partial charge in [0, 0.05) is 17.5 Å². The van der Waals surface area contributed by atoms with Gasteiger partial charge < -0.3 is 0 Å². The molecule has 0 aliphatic heterocycles. The number of thiazole rings is 1. The van der Waals surface area contributed by atoms with E-state index in [1.807, 2.05) is 6.92 Å². The molecule has 0 aliphatic carbocycles. The molecule has 1 amide bonds. The summed E-state index contributed by atoms with van der Waals surface area (Å²) in [7, 11) is 0. The Kier molecular flexibility index (Phi) is 5.98. The Morgan fingerprint density at radius 3 is 2.45 bits per heavy atom. The zero-order valence-electron chi connectivity index (χ0n) is 17.4. The first-order valence-corrected chi connectivity index (χ1v) is 10.5. The molecule has 0 radical (unpaired) electrons. The van der Waals surface area contributed by atoms with Gasteiger partial charge in [-0.25, -0.2) is 19.0 Å². The van der Waals surface area contributed by atoms with Crippen LogP contribution in [0.3, 0.4) is 0 Å². The average Bonchev–Trinajstić information content (AvgIpc) is 3.31. The highest BCUT2D eigenvalue weighted by Crippen LogP contribution is 2.29. The maximum absolute atomic E-state index is 13.1. The second-order valence-corrected chi connectivity index (χ2v) is 8.33. The molecule has 0 fully saturated rings. The van der Waals surface area contributed by atoms with Crippen LogP contribution in [0.5, 0.6) is 0 Å². The van der Waals surface area contributed by atoms with Crippen molar-refractivity contribution in [1.29, 1.82) is 0 Å². The highest BCUT2D eigenvalue weighted by Gasteiger charge is 2.31. The van der Waals surface area contributed by atoms with Crippen LogP contribution in [0.1, 0.15) is 37.7 Å². The fourth-order valence-electron chi connectivity index (χ4n) is 3.14. The number of pyridine rings is 1. The maximum Gasteiger partial charge on any atom is 0.417 e.